The number of para-hydroxylation sites is 1. The van der Waals surface area contributed by atoms with Crippen LogP contribution in [0.25, 0.3) is 0 Å². The van der Waals surface area contributed by atoms with Crippen LogP contribution in [0, 0.1) is 6.92 Å². The fourth-order valence-electron chi connectivity index (χ4n) is 2.33. The average Bonchev–Trinajstić information content (AvgIpc) is 2.50. The van der Waals surface area contributed by atoms with E-state index < -0.39 is 0 Å². The average molecular weight is 375 g/mol. The molecule has 0 unspecified atom stereocenters. The summed E-state index contributed by atoms with van der Waals surface area (Å²) in [5.74, 6) is -0.194. The van der Waals surface area contributed by atoms with Crippen LogP contribution in [-0.2, 0) is 9.59 Å². The highest BCUT2D eigenvalue weighted by Gasteiger charge is 2.15. The van der Waals surface area contributed by atoms with E-state index in [1.54, 1.807) is 4.90 Å². The monoisotopic (exact) mass is 374 g/mol. The maximum absolute atomic E-state index is 12.1. The summed E-state index contributed by atoms with van der Waals surface area (Å²) in [5, 5.41) is 2.83. The molecule has 0 atom stereocenters. The molecular formula is C18H19BrN2O2. The molecule has 0 aliphatic heterocycles. The Hall–Kier alpha value is -2.14. The maximum Gasteiger partial charge on any atom is 0.226 e. The Kier molecular flexibility index (Phi) is 5.93. The number of carbonyl (C=O) groups is 2. The summed E-state index contributed by atoms with van der Waals surface area (Å²) in [5.41, 5.74) is 2.57. The first-order chi connectivity index (χ1) is 11.0. The molecule has 0 radical (unpaired) electrons. The quantitative estimate of drug-likeness (QED) is 0.854. The molecule has 2 rings (SSSR count). The van der Waals surface area contributed by atoms with Crippen LogP contribution in [0.1, 0.15) is 18.9 Å². The number of anilines is 2. The van der Waals surface area contributed by atoms with E-state index in [1.807, 2.05) is 55.5 Å². The van der Waals surface area contributed by atoms with Gasteiger partial charge >= 0.3 is 0 Å². The van der Waals surface area contributed by atoms with Gasteiger partial charge in [0.15, 0.2) is 0 Å². The van der Waals surface area contributed by atoms with Crippen molar-refractivity contribution in [1.82, 2.24) is 0 Å². The Morgan fingerprint density at radius 3 is 2.43 bits per heavy atom. The zero-order valence-corrected chi connectivity index (χ0v) is 14.8. The third-order valence-electron chi connectivity index (χ3n) is 3.45. The van der Waals surface area contributed by atoms with Gasteiger partial charge < -0.3 is 10.2 Å². The highest BCUT2D eigenvalue weighted by Crippen LogP contribution is 2.24. The van der Waals surface area contributed by atoms with Crippen LogP contribution in [0.4, 0.5) is 11.4 Å². The summed E-state index contributed by atoms with van der Waals surface area (Å²) in [6.45, 7) is 3.80. The minimum absolute atomic E-state index is 0.0806. The number of hydrogen-bond donors (Lipinski definition) is 1. The normalized spacial score (nSPS) is 10.2. The largest absolute Gasteiger partial charge is 0.326 e. The summed E-state index contributed by atoms with van der Waals surface area (Å²) in [4.78, 5) is 25.6. The first-order valence-electron chi connectivity index (χ1n) is 7.36. The van der Waals surface area contributed by atoms with E-state index in [1.165, 1.54) is 6.92 Å². The SMILES string of the molecule is CC(=O)N(CCC(=O)Nc1ccccc1)c1ccc(Br)cc1C. The maximum atomic E-state index is 12.1. The minimum atomic E-state index is -0.114. The molecule has 0 aliphatic carbocycles. The molecule has 23 heavy (non-hydrogen) atoms. The van der Waals surface area contributed by atoms with Crippen molar-refractivity contribution in [3.05, 3.63) is 58.6 Å². The van der Waals surface area contributed by atoms with Crippen molar-refractivity contribution in [1.29, 1.82) is 0 Å². The minimum Gasteiger partial charge on any atom is -0.326 e. The van der Waals surface area contributed by atoms with Gasteiger partial charge in [0.05, 0.1) is 0 Å². The predicted molar refractivity (Wildman–Crippen MR) is 96.6 cm³/mol. The Morgan fingerprint density at radius 2 is 1.83 bits per heavy atom. The zero-order valence-electron chi connectivity index (χ0n) is 13.2. The van der Waals surface area contributed by atoms with Crippen LogP contribution in [0.3, 0.4) is 0 Å². The number of hydrogen-bond acceptors (Lipinski definition) is 2. The lowest BCUT2D eigenvalue weighted by molar-refractivity contribution is -0.117. The lowest BCUT2D eigenvalue weighted by atomic mass is 10.1. The van der Waals surface area contributed by atoms with Gasteiger partial charge in [0.25, 0.3) is 0 Å². The summed E-state index contributed by atoms with van der Waals surface area (Å²) >= 11 is 3.41. The second kappa shape index (κ2) is 7.92. The molecule has 0 heterocycles. The highest BCUT2D eigenvalue weighted by atomic mass is 79.9. The van der Waals surface area contributed by atoms with Gasteiger partial charge in [0.1, 0.15) is 0 Å². The molecule has 0 aromatic heterocycles. The second-order valence-corrected chi connectivity index (χ2v) is 6.18. The Balaban J connectivity index is 2.03. The molecular weight excluding hydrogens is 356 g/mol. The molecule has 0 spiro atoms. The number of amides is 2. The molecule has 0 bridgehead atoms. The van der Waals surface area contributed by atoms with Crippen molar-refractivity contribution in [2.75, 3.05) is 16.8 Å². The van der Waals surface area contributed by atoms with E-state index in [4.69, 9.17) is 0 Å². The van der Waals surface area contributed by atoms with Gasteiger partial charge in [-0.3, -0.25) is 9.59 Å². The van der Waals surface area contributed by atoms with E-state index in [2.05, 4.69) is 21.2 Å². The number of benzene rings is 2. The van der Waals surface area contributed by atoms with Gasteiger partial charge in [-0.15, -0.1) is 0 Å². The summed E-state index contributed by atoms with van der Waals surface area (Å²) in [6, 6.07) is 15.0. The van der Waals surface area contributed by atoms with E-state index in [-0.39, 0.29) is 18.2 Å². The number of nitrogens with one attached hydrogen (secondary N) is 1. The van der Waals surface area contributed by atoms with Crippen molar-refractivity contribution >= 4 is 39.1 Å². The van der Waals surface area contributed by atoms with E-state index in [9.17, 15) is 9.59 Å². The third-order valence-corrected chi connectivity index (χ3v) is 3.94. The molecule has 0 saturated carbocycles. The van der Waals surface area contributed by atoms with Crippen LogP contribution in [0.2, 0.25) is 0 Å². The van der Waals surface area contributed by atoms with Crippen LogP contribution in [0.15, 0.2) is 53.0 Å². The van der Waals surface area contributed by atoms with Gasteiger partial charge in [0, 0.05) is 35.7 Å². The Morgan fingerprint density at radius 1 is 1.13 bits per heavy atom. The molecule has 0 fully saturated rings. The number of rotatable bonds is 5. The van der Waals surface area contributed by atoms with Gasteiger partial charge in [-0.05, 0) is 42.8 Å². The molecule has 2 aromatic carbocycles. The number of carbonyl (C=O) groups excluding carboxylic acids is 2. The molecule has 4 nitrogen and oxygen atoms in total. The van der Waals surface area contributed by atoms with Crippen LogP contribution >= 0.6 is 15.9 Å². The van der Waals surface area contributed by atoms with Gasteiger partial charge in [0.2, 0.25) is 11.8 Å². The Bertz CT molecular complexity index is 701. The van der Waals surface area contributed by atoms with Crippen LogP contribution in [0.5, 0.6) is 0 Å². The van der Waals surface area contributed by atoms with Crippen molar-refractivity contribution < 1.29 is 9.59 Å². The van der Waals surface area contributed by atoms with Crippen molar-refractivity contribution in [3.63, 3.8) is 0 Å². The van der Waals surface area contributed by atoms with E-state index in [0.29, 0.717) is 6.54 Å². The van der Waals surface area contributed by atoms with Crippen LogP contribution in [-0.4, -0.2) is 18.4 Å². The molecule has 0 saturated heterocycles. The van der Waals surface area contributed by atoms with Gasteiger partial charge in [-0.1, -0.05) is 34.1 Å². The molecule has 1 N–H and O–H groups in total. The predicted octanol–water partition coefficient (Wildman–Crippen LogP) is 4.14. The van der Waals surface area contributed by atoms with Crippen molar-refractivity contribution in [2.24, 2.45) is 0 Å². The lowest BCUT2D eigenvalue weighted by Gasteiger charge is -2.23. The van der Waals surface area contributed by atoms with Crippen LogP contribution < -0.4 is 10.2 Å². The molecule has 120 valence electrons. The first-order valence-corrected chi connectivity index (χ1v) is 8.16. The zero-order chi connectivity index (χ0) is 16.8. The highest BCUT2D eigenvalue weighted by molar-refractivity contribution is 9.10. The van der Waals surface area contributed by atoms with E-state index >= 15 is 0 Å². The lowest BCUT2D eigenvalue weighted by Crippen LogP contribution is -2.32. The second-order valence-electron chi connectivity index (χ2n) is 5.27. The number of aryl methyl sites for hydroxylation is 1. The molecule has 2 aromatic rings. The van der Waals surface area contributed by atoms with Crippen molar-refractivity contribution in [3.8, 4) is 0 Å². The molecule has 5 heteroatoms. The smallest absolute Gasteiger partial charge is 0.226 e. The summed E-state index contributed by atoms with van der Waals surface area (Å²) < 4.78 is 0.962. The van der Waals surface area contributed by atoms with E-state index in [0.717, 1.165) is 21.4 Å². The number of nitrogens with zero attached hydrogens (tertiary/aromatic N) is 1. The fourth-order valence-corrected chi connectivity index (χ4v) is 2.80. The van der Waals surface area contributed by atoms with Gasteiger partial charge in [-0.25, -0.2) is 0 Å². The molecule has 0 aliphatic rings. The topological polar surface area (TPSA) is 49.4 Å². The van der Waals surface area contributed by atoms with Gasteiger partial charge in [-0.2, -0.15) is 0 Å². The van der Waals surface area contributed by atoms with Crippen molar-refractivity contribution in [2.45, 2.75) is 20.3 Å². The number of halogens is 1. The standard InChI is InChI=1S/C18H19BrN2O2/c1-13-12-15(19)8-9-17(13)21(14(2)22)11-10-18(23)20-16-6-4-3-5-7-16/h3-9,12H,10-11H2,1-2H3,(H,20,23). The summed E-state index contributed by atoms with van der Waals surface area (Å²) in [7, 11) is 0. The fraction of sp³-hybridized carbons (Fsp3) is 0.222. The first kappa shape index (κ1) is 17.2. The Labute approximate surface area is 144 Å². The molecule has 2 amide bonds. The summed E-state index contributed by atoms with van der Waals surface area (Å²) in [6.07, 6.45) is 0.240. The third kappa shape index (κ3) is 4.93.